The lowest BCUT2D eigenvalue weighted by Gasteiger charge is -2.13. The number of esters is 1. The van der Waals surface area contributed by atoms with Crippen LogP contribution in [0.2, 0.25) is 0 Å². The second-order valence-corrected chi connectivity index (χ2v) is 6.16. The molecule has 0 fully saturated rings. The fraction of sp³-hybridized carbons (Fsp3) is 0.211. The molecule has 0 aliphatic heterocycles. The zero-order valence-corrected chi connectivity index (χ0v) is 15.1. The number of methoxy groups -OCH3 is 1. The lowest BCUT2D eigenvalue weighted by atomic mass is 10.0. The van der Waals surface area contributed by atoms with Crippen molar-refractivity contribution in [2.24, 2.45) is 0 Å². The molecule has 0 atom stereocenters. The number of ether oxygens (including phenoxy) is 2. The summed E-state index contributed by atoms with van der Waals surface area (Å²) in [5.74, 6) is 1.21. The van der Waals surface area contributed by atoms with Crippen LogP contribution in [-0.2, 0) is 16.0 Å². The number of nitrogen functional groups attached to an aromatic ring is 1. The smallest absolute Gasteiger partial charge is 0.305 e. The topological polar surface area (TPSA) is 61.5 Å². The van der Waals surface area contributed by atoms with Gasteiger partial charge in [0.15, 0.2) is 0 Å². The second-order valence-electron chi connectivity index (χ2n) is 5.30. The van der Waals surface area contributed by atoms with E-state index in [1.165, 1.54) is 7.11 Å². The summed E-state index contributed by atoms with van der Waals surface area (Å²) in [5.41, 5.74) is 8.36. The molecule has 0 saturated carbocycles. The van der Waals surface area contributed by atoms with Gasteiger partial charge < -0.3 is 15.2 Å². The predicted octanol–water partition coefficient (Wildman–Crippen LogP) is 4.96. The third-order valence-electron chi connectivity index (χ3n) is 3.53. The lowest BCUT2D eigenvalue weighted by molar-refractivity contribution is -0.140. The summed E-state index contributed by atoms with van der Waals surface area (Å²) < 4.78 is 11.4. The lowest BCUT2D eigenvalue weighted by Crippen LogP contribution is -2.01. The zero-order valence-electron chi connectivity index (χ0n) is 13.5. The zero-order chi connectivity index (χ0) is 17.5. The van der Waals surface area contributed by atoms with E-state index in [-0.39, 0.29) is 5.97 Å². The fourth-order valence-corrected chi connectivity index (χ4v) is 2.87. The van der Waals surface area contributed by atoms with Crippen LogP contribution >= 0.6 is 15.9 Å². The third kappa shape index (κ3) is 4.86. The van der Waals surface area contributed by atoms with Crippen LogP contribution in [0, 0.1) is 0 Å². The molecule has 0 aliphatic rings. The summed E-state index contributed by atoms with van der Waals surface area (Å²) in [6.45, 7) is 3.86. The molecule has 24 heavy (non-hydrogen) atoms. The molecule has 0 bridgehead atoms. The fourth-order valence-electron chi connectivity index (χ4n) is 2.27. The van der Waals surface area contributed by atoms with Gasteiger partial charge in [-0.05, 0) is 70.7 Å². The Labute approximate surface area is 150 Å². The minimum atomic E-state index is -0.193. The van der Waals surface area contributed by atoms with Crippen LogP contribution in [0.15, 0.2) is 47.4 Å². The van der Waals surface area contributed by atoms with Crippen LogP contribution in [0.4, 0.5) is 5.69 Å². The van der Waals surface area contributed by atoms with Gasteiger partial charge in [0.05, 0.1) is 11.6 Å². The van der Waals surface area contributed by atoms with Crippen molar-refractivity contribution in [3.05, 3.63) is 58.6 Å². The number of benzene rings is 2. The average Bonchev–Trinajstić information content (AvgIpc) is 2.58. The minimum absolute atomic E-state index is 0.193. The molecule has 126 valence electrons. The van der Waals surface area contributed by atoms with Gasteiger partial charge in [0.1, 0.15) is 11.5 Å². The van der Waals surface area contributed by atoms with Gasteiger partial charge in [0.2, 0.25) is 0 Å². The Morgan fingerprint density at radius 3 is 2.62 bits per heavy atom. The first-order valence-corrected chi connectivity index (χ1v) is 8.38. The monoisotopic (exact) mass is 389 g/mol. The molecule has 5 heteroatoms. The summed E-state index contributed by atoms with van der Waals surface area (Å²) in [4.78, 5) is 11.2. The molecule has 0 heterocycles. The van der Waals surface area contributed by atoms with E-state index in [0.29, 0.717) is 23.6 Å². The van der Waals surface area contributed by atoms with Crippen molar-refractivity contribution in [1.29, 1.82) is 0 Å². The number of nitrogens with two attached hydrogens (primary N) is 1. The van der Waals surface area contributed by atoms with Crippen molar-refractivity contribution in [2.75, 3.05) is 12.8 Å². The summed E-state index contributed by atoms with van der Waals surface area (Å²) in [6, 6.07) is 11.2. The van der Waals surface area contributed by atoms with E-state index in [2.05, 4.69) is 27.2 Å². The van der Waals surface area contributed by atoms with Crippen molar-refractivity contribution in [3.8, 4) is 11.5 Å². The predicted molar refractivity (Wildman–Crippen MR) is 100 cm³/mol. The van der Waals surface area contributed by atoms with E-state index in [9.17, 15) is 4.79 Å². The molecule has 4 nitrogen and oxygen atoms in total. The number of halogens is 1. The molecule has 0 aliphatic carbocycles. The Kier molecular flexibility index (Phi) is 6.44. The van der Waals surface area contributed by atoms with E-state index in [0.717, 1.165) is 28.4 Å². The van der Waals surface area contributed by atoms with Crippen molar-refractivity contribution < 1.29 is 14.3 Å². The Morgan fingerprint density at radius 1 is 1.29 bits per heavy atom. The van der Waals surface area contributed by atoms with Crippen LogP contribution in [0.25, 0.3) is 6.08 Å². The number of hydrogen-bond donors (Lipinski definition) is 1. The summed E-state index contributed by atoms with van der Waals surface area (Å²) in [5, 5.41) is 0. The molecule has 2 aromatic carbocycles. The quantitative estimate of drug-likeness (QED) is 0.536. The number of anilines is 1. The van der Waals surface area contributed by atoms with Gasteiger partial charge in [-0.2, -0.15) is 0 Å². The van der Waals surface area contributed by atoms with Gasteiger partial charge in [-0.15, -0.1) is 0 Å². The Balaban J connectivity index is 2.16. The van der Waals surface area contributed by atoms with Gasteiger partial charge in [0.25, 0.3) is 0 Å². The van der Waals surface area contributed by atoms with Crippen molar-refractivity contribution in [3.63, 3.8) is 0 Å². The van der Waals surface area contributed by atoms with Crippen LogP contribution in [0.1, 0.15) is 24.0 Å². The molecule has 0 spiro atoms. The van der Waals surface area contributed by atoms with E-state index in [1.807, 2.05) is 24.3 Å². The van der Waals surface area contributed by atoms with Crippen molar-refractivity contribution in [1.82, 2.24) is 0 Å². The number of carbonyl (C=O) groups is 1. The van der Waals surface area contributed by atoms with Gasteiger partial charge in [-0.25, -0.2) is 0 Å². The van der Waals surface area contributed by atoms with Crippen LogP contribution in [0.3, 0.4) is 0 Å². The summed E-state index contributed by atoms with van der Waals surface area (Å²) >= 11 is 3.56. The van der Waals surface area contributed by atoms with E-state index in [4.69, 9.17) is 10.5 Å². The van der Waals surface area contributed by atoms with Gasteiger partial charge in [-0.1, -0.05) is 12.7 Å². The van der Waals surface area contributed by atoms with Gasteiger partial charge in [0, 0.05) is 17.7 Å². The maximum atomic E-state index is 11.2. The largest absolute Gasteiger partial charge is 0.469 e. The molecule has 0 radical (unpaired) electrons. The molecule has 0 amide bonds. The number of rotatable bonds is 7. The normalized spacial score (nSPS) is 10.2. The summed E-state index contributed by atoms with van der Waals surface area (Å²) in [7, 11) is 1.40. The minimum Gasteiger partial charge on any atom is -0.469 e. The highest BCUT2D eigenvalue weighted by Gasteiger charge is 2.11. The molecule has 0 unspecified atom stereocenters. The highest BCUT2D eigenvalue weighted by atomic mass is 79.9. The molecule has 2 rings (SSSR count). The maximum absolute atomic E-state index is 11.2. The molecule has 0 aromatic heterocycles. The highest BCUT2D eigenvalue weighted by Crippen LogP contribution is 2.35. The van der Waals surface area contributed by atoms with Crippen molar-refractivity contribution in [2.45, 2.75) is 19.3 Å². The van der Waals surface area contributed by atoms with E-state index in [1.54, 1.807) is 18.2 Å². The summed E-state index contributed by atoms with van der Waals surface area (Å²) in [6.07, 6.45) is 3.66. The van der Waals surface area contributed by atoms with E-state index < -0.39 is 0 Å². The van der Waals surface area contributed by atoms with Gasteiger partial charge >= 0.3 is 5.97 Å². The SMILES string of the molecule is C=Cc1cc(CCCC(=O)OC)cc(Br)c1Oc1ccc(N)cc1. The average molecular weight is 390 g/mol. The number of carbonyl (C=O) groups excluding carboxylic acids is 1. The Hall–Kier alpha value is -2.27. The number of aryl methyl sites for hydroxylation is 1. The molecular formula is C19H20BrNO3. The Bertz CT molecular complexity index is 726. The highest BCUT2D eigenvalue weighted by molar-refractivity contribution is 9.10. The number of hydrogen-bond acceptors (Lipinski definition) is 4. The van der Waals surface area contributed by atoms with Gasteiger partial charge in [-0.3, -0.25) is 4.79 Å². The maximum Gasteiger partial charge on any atom is 0.305 e. The van der Waals surface area contributed by atoms with Crippen LogP contribution in [-0.4, -0.2) is 13.1 Å². The molecule has 0 saturated heterocycles. The molecule has 2 aromatic rings. The van der Waals surface area contributed by atoms with Crippen molar-refractivity contribution >= 4 is 33.7 Å². The first-order chi connectivity index (χ1) is 11.5. The van der Waals surface area contributed by atoms with Crippen LogP contribution < -0.4 is 10.5 Å². The molecule has 2 N–H and O–H groups in total. The van der Waals surface area contributed by atoms with E-state index >= 15 is 0 Å². The Morgan fingerprint density at radius 2 is 2.00 bits per heavy atom. The van der Waals surface area contributed by atoms with Crippen LogP contribution in [0.5, 0.6) is 11.5 Å². The first kappa shape index (κ1) is 18.1. The third-order valence-corrected chi connectivity index (χ3v) is 4.12. The first-order valence-electron chi connectivity index (χ1n) is 7.58. The molecular weight excluding hydrogens is 370 g/mol. The second kappa shape index (κ2) is 8.55. The standard InChI is InChI=1S/C19H20BrNO3/c1-3-14-11-13(5-4-6-18(22)23-2)12-17(20)19(14)24-16-9-7-15(21)8-10-16/h3,7-12H,1,4-6,21H2,2H3.